The van der Waals surface area contributed by atoms with E-state index in [0.29, 0.717) is 44.8 Å². The lowest BCUT2D eigenvalue weighted by Crippen LogP contribution is -2.12. The second kappa shape index (κ2) is 9.54. The first-order chi connectivity index (χ1) is 17.5. The predicted molar refractivity (Wildman–Crippen MR) is 138 cm³/mol. The number of methoxy groups -OCH3 is 2. The number of hydrogen-bond acceptors (Lipinski definition) is 5. The molecule has 1 N–H and O–H groups in total. The Morgan fingerprint density at radius 3 is 2.36 bits per heavy atom. The number of nitrogens with zero attached hydrogens (tertiary/aromatic N) is 1. The lowest BCUT2D eigenvalue weighted by molar-refractivity contribution is 0.102. The van der Waals surface area contributed by atoms with Crippen LogP contribution in [-0.4, -0.2) is 25.1 Å². The Labute approximate surface area is 207 Å². The predicted octanol–water partition coefficient (Wildman–Crippen LogP) is 6.90. The number of aryl methyl sites for hydroxylation is 1. The summed E-state index contributed by atoms with van der Waals surface area (Å²) in [6.45, 7) is 1.95. The molecular weight excluding hydrogens is 459 g/mol. The molecule has 0 radical (unpaired) electrons. The highest BCUT2D eigenvalue weighted by atomic mass is 19.1. The molecule has 1 heterocycles. The van der Waals surface area contributed by atoms with Crippen LogP contribution in [0.5, 0.6) is 23.0 Å². The number of nitrogens with one attached hydrogen (secondary N) is 1. The van der Waals surface area contributed by atoms with Gasteiger partial charge >= 0.3 is 0 Å². The molecule has 0 atom stereocenters. The molecule has 0 saturated carbocycles. The van der Waals surface area contributed by atoms with Gasteiger partial charge < -0.3 is 19.5 Å². The third kappa shape index (κ3) is 4.27. The van der Waals surface area contributed by atoms with Gasteiger partial charge in [-0.2, -0.15) is 0 Å². The number of ether oxygens (including phenoxy) is 3. The summed E-state index contributed by atoms with van der Waals surface area (Å²) in [6.07, 6.45) is 1.58. The monoisotopic (exact) mass is 482 g/mol. The van der Waals surface area contributed by atoms with Crippen molar-refractivity contribution >= 4 is 33.3 Å². The standard InChI is InChI=1S/C29H23FN2O4/c1-17-6-4-7-18(14-17)32-29(33)21-9-5-8-20-19(21)10-11-25(28(20)30)36-24-12-13-31-23-16-27(35-3)26(34-2)15-22(23)24/h4-16H,1-3H3,(H,32,33). The van der Waals surface area contributed by atoms with Crippen LogP contribution in [0.15, 0.2) is 79.0 Å². The third-order valence-corrected chi connectivity index (χ3v) is 5.91. The fourth-order valence-corrected chi connectivity index (χ4v) is 4.15. The Kier molecular flexibility index (Phi) is 6.12. The summed E-state index contributed by atoms with van der Waals surface area (Å²) >= 11 is 0. The van der Waals surface area contributed by atoms with Gasteiger partial charge in [-0.05, 0) is 60.3 Å². The van der Waals surface area contributed by atoms with Crippen molar-refractivity contribution in [1.82, 2.24) is 4.98 Å². The Hall–Kier alpha value is -4.65. The van der Waals surface area contributed by atoms with E-state index in [1.807, 2.05) is 31.2 Å². The van der Waals surface area contributed by atoms with Gasteiger partial charge in [0.05, 0.1) is 19.7 Å². The Balaban J connectivity index is 1.52. The molecular formula is C29H23FN2O4. The highest BCUT2D eigenvalue weighted by Gasteiger charge is 2.17. The quantitative estimate of drug-likeness (QED) is 0.285. The van der Waals surface area contributed by atoms with Crippen molar-refractivity contribution in [2.75, 3.05) is 19.5 Å². The molecule has 0 aliphatic heterocycles. The van der Waals surface area contributed by atoms with E-state index in [1.165, 1.54) is 13.2 Å². The molecule has 0 spiro atoms. The number of pyridine rings is 1. The van der Waals surface area contributed by atoms with Gasteiger partial charge in [-0.15, -0.1) is 0 Å². The smallest absolute Gasteiger partial charge is 0.256 e. The van der Waals surface area contributed by atoms with Crippen LogP contribution in [0.3, 0.4) is 0 Å². The van der Waals surface area contributed by atoms with Gasteiger partial charge in [0.1, 0.15) is 5.75 Å². The lowest BCUT2D eigenvalue weighted by atomic mass is 10.0. The summed E-state index contributed by atoms with van der Waals surface area (Å²) in [5, 5.41) is 4.29. The van der Waals surface area contributed by atoms with Gasteiger partial charge in [0.15, 0.2) is 23.1 Å². The molecule has 0 fully saturated rings. The number of carbonyl (C=O) groups excluding carboxylic acids is 1. The molecule has 0 bridgehead atoms. The number of rotatable bonds is 6. The van der Waals surface area contributed by atoms with Gasteiger partial charge in [0, 0.05) is 34.3 Å². The van der Waals surface area contributed by atoms with E-state index in [9.17, 15) is 4.79 Å². The number of carbonyl (C=O) groups is 1. The zero-order chi connectivity index (χ0) is 25.2. The average molecular weight is 483 g/mol. The summed E-state index contributed by atoms with van der Waals surface area (Å²) in [7, 11) is 3.08. The van der Waals surface area contributed by atoms with E-state index in [-0.39, 0.29) is 17.0 Å². The van der Waals surface area contributed by atoms with Crippen LogP contribution in [0.4, 0.5) is 10.1 Å². The van der Waals surface area contributed by atoms with Gasteiger partial charge in [0.25, 0.3) is 5.91 Å². The summed E-state index contributed by atoms with van der Waals surface area (Å²) in [5.41, 5.74) is 2.68. The van der Waals surface area contributed by atoms with Crippen molar-refractivity contribution in [1.29, 1.82) is 0 Å². The first-order valence-corrected chi connectivity index (χ1v) is 11.3. The first-order valence-electron chi connectivity index (χ1n) is 11.3. The average Bonchev–Trinajstić information content (AvgIpc) is 2.89. The number of hydrogen-bond donors (Lipinski definition) is 1. The fraction of sp³-hybridized carbons (Fsp3) is 0.103. The summed E-state index contributed by atoms with van der Waals surface area (Å²) in [6, 6.07) is 20.8. The first kappa shape index (κ1) is 23.1. The largest absolute Gasteiger partial charge is 0.493 e. The van der Waals surface area contributed by atoms with E-state index in [1.54, 1.807) is 55.8 Å². The minimum atomic E-state index is -0.567. The molecule has 5 aromatic rings. The lowest BCUT2D eigenvalue weighted by Gasteiger charge is -2.14. The molecule has 6 nitrogen and oxygen atoms in total. The van der Waals surface area contributed by atoms with Gasteiger partial charge in [-0.3, -0.25) is 9.78 Å². The number of aromatic nitrogens is 1. The van der Waals surface area contributed by atoms with Gasteiger partial charge in [-0.25, -0.2) is 4.39 Å². The van der Waals surface area contributed by atoms with Crippen molar-refractivity contribution in [2.24, 2.45) is 0 Å². The molecule has 7 heteroatoms. The van der Waals surface area contributed by atoms with Crippen LogP contribution in [0.1, 0.15) is 15.9 Å². The maximum absolute atomic E-state index is 15.6. The van der Waals surface area contributed by atoms with Crippen LogP contribution >= 0.6 is 0 Å². The topological polar surface area (TPSA) is 69.7 Å². The molecule has 1 aromatic heterocycles. The maximum Gasteiger partial charge on any atom is 0.256 e. The van der Waals surface area contributed by atoms with E-state index in [4.69, 9.17) is 14.2 Å². The molecule has 36 heavy (non-hydrogen) atoms. The molecule has 5 rings (SSSR count). The second-order valence-electron chi connectivity index (χ2n) is 8.24. The second-order valence-corrected chi connectivity index (χ2v) is 8.24. The minimum absolute atomic E-state index is 0.0287. The zero-order valence-corrected chi connectivity index (χ0v) is 20.0. The Morgan fingerprint density at radius 1 is 0.806 bits per heavy atom. The molecule has 0 aliphatic rings. The van der Waals surface area contributed by atoms with Crippen molar-refractivity contribution in [3.63, 3.8) is 0 Å². The highest BCUT2D eigenvalue weighted by Crippen LogP contribution is 2.38. The number of amides is 1. The highest BCUT2D eigenvalue weighted by molar-refractivity contribution is 6.13. The van der Waals surface area contributed by atoms with Gasteiger partial charge in [-0.1, -0.05) is 24.3 Å². The van der Waals surface area contributed by atoms with Crippen molar-refractivity contribution in [3.8, 4) is 23.0 Å². The van der Waals surface area contributed by atoms with Crippen LogP contribution in [0.2, 0.25) is 0 Å². The van der Waals surface area contributed by atoms with E-state index >= 15 is 4.39 Å². The van der Waals surface area contributed by atoms with Crippen LogP contribution in [-0.2, 0) is 0 Å². The normalized spacial score (nSPS) is 10.9. The number of fused-ring (bicyclic) bond motifs is 2. The van der Waals surface area contributed by atoms with E-state index in [2.05, 4.69) is 10.3 Å². The van der Waals surface area contributed by atoms with Crippen LogP contribution in [0, 0.1) is 12.7 Å². The summed E-state index contributed by atoms with van der Waals surface area (Å²) < 4.78 is 32.4. The molecule has 1 amide bonds. The van der Waals surface area contributed by atoms with E-state index in [0.717, 1.165) is 5.56 Å². The maximum atomic E-state index is 15.6. The van der Waals surface area contributed by atoms with Crippen LogP contribution in [0.25, 0.3) is 21.7 Å². The number of halogens is 1. The van der Waals surface area contributed by atoms with Crippen LogP contribution < -0.4 is 19.5 Å². The van der Waals surface area contributed by atoms with Crippen molar-refractivity contribution in [2.45, 2.75) is 6.92 Å². The molecule has 0 aliphatic carbocycles. The zero-order valence-electron chi connectivity index (χ0n) is 20.0. The Bertz CT molecular complexity index is 1620. The van der Waals surface area contributed by atoms with Crippen molar-refractivity contribution < 1.29 is 23.4 Å². The summed E-state index contributed by atoms with van der Waals surface area (Å²) in [4.78, 5) is 17.3. The minimum Gasteiger partial charge on any atom is -0.493 e. The van der Waals surface area contributed by atoms with E-state index < -0.39 is 5.82 Å². The number of anilines is 1. The van der Waals surface area contributed by atoms with Gasteiger partial charge in [0.2, 0.25) is 0 Å². The molecule has 4 aromatic carbocycles. The fourth-order valence-electron chi connectivity index (χ4n) is 4.15. The summed E-state index contributed by atoms with van der Waals surface area (Å²) in [5.74, 6) is 0.589. The SMILES string of the molecule is COc1cc2nccc(Oc3ccc4c(C(=O)Nc5cccc(C)c5)cccc4c3F)c2cc1OC. The third-order valence-electron chi connectivity index (χ3n) is 5.91. The van der Waals surface area contributed by atoms with Crippen molar-refractivity contribution in [3.05, 3.63) is 95.9 Å². The Morgan fingerprint density at radius 2 is 1.58 bits per heavy atom. The molecule has 180 valence electrons. The number of benzene rings is 4. The molecule has 0 saturated heterocycles. The molecule has 0 unspecified atom stereocenters.